The summed E-state index contributed by atoms with van der Waals surface area (Å²) in [6.45, 7) is 11.4. The van der Waals surface area contributed by atoms with Crippen molar-refractivity contribution in [2.45, 2.75) is 330 Å². The standard InChI is InChI=1S/C58H112O6/c1-6-7-8-9-10-11-12-13-14-15-16-17-18-19-23-28-33-38-43-48-56(59)62-51-55(64-58(61)50-45-40-35-30-25-27-32-37-42-47-54(4)5)52-63-57(60)49-44-39-34-29-24-21-20-22-26-31-36-41-46-53(2)3/h53-55H,6-52H2,1-5H3/t55-/m0/s1. The molecule has 0 unspecified atom stereocenters. The number of carbonyl (C=O) groups excluding carboxylic acids is 3. The van der Waals surface area contributed by atoms with Crippen LogP contribution in [-0.2, 0) is 28.6 Å². The molecule has 0 heterocycles. The summed E-state index contributed by atoms with van der Waals surface area (Å²) >= 11 is 0. The average molecular weight is 906 g/mol. The molecule has 0 bridgehead atoms. The first-order valence-electron chi connectivity index (χ1n) is 28.7. The van der Waals surface area contributed by atoms with Gasteiger partial charge in [0.1, 0.15) is 13.2 Å². The molecule has 0 amide bonds. The van der Waals surface area contributed by atoms with Gasteiger partial charge in [0.05, 0.1) is 0 Å². The summed E-state index contributed by atoms with van der Waals surface area (Å²) in [5.41, 5.74) is 0. The molecule has 0 aromatic carbocycles. The molecule has 0 aliphatic carbocycles. The first-order valence-corrected chi connectivity index (χ1v) is 28.7. The van der Waals surface area contributed by atoms with Crippen LogP contribution < -0.4 is 0 Å². The number of esters is 3. The zero-order valence-corrected chi connectivity index (χ0v) is 43.9. The molecule has 6 heteroatoms. The van der Waals surface area contributed by atoms with E-state index in [-0.39, 0.29) is 31.1 Å². The van der Waals surface area contributed by atoms with Gasteiger partial charge in [0.25, 0.3) is 0 Å². The molecule has 0 aliphatic rings. The van der Waals surface area contributed by atoms with E-state index in [1.54, 1.807) is 0 Å². The molecule has 0 aliphatic heterocycles. The van der Waals surface area contributed by atoms with Crippen LogP contribution in [0.3, 0.4) is 0 Å². The van der Waals surface area contributed by atoms with E-state index in [4.69, 9.17) is 14.2 Å². The lowest BCUT2D eigenvalue weighted by Gasteiger charge is -2.18. The Labute approximate surface area is 399 Å². The van der Waals surface area contributed by atoms with E-state index in [0.717, 1.165) is 69.6 Å². The highest BCUT2D eigenvalue weighted by Crippen LogP contribution is 2.18. The van der Waals surface area contributed by atoms with Crippen LogP contribution in [0, 0.1) is 11.8 Å². The van der Waals surface area contributed by atoms with Gasteiger partial charge in [-0.25, -0.2) is 0 Å². The summed E-state index contributed by atoms with van der Waals surface area (Å²) in [6, 6.07) is 0. The van der Waals surface area contributed by atoms with Gasteiger partial charge in [-0.15, -0.1) is 0 Å². The fraction of sp³-hybridized carbons (Fsp3) is 0.948. The molecule has 0 N–H and O–H groups in total. The van der Waals surface area contributed by atoms with Crippen LogP contribution in [-0.4, -0.2) is 37.2 Å². The van der Waals surface area contributed by atoms with Crippen molar-refractivity contribution in [2.75, 3.05) is 13.2 Å². The van der Waals surface area contributed by atoms with Crippen LogP contribution in [0.1, 0.15) is 324 Å². The van der Waals surface area contributed by atoms with Gasteiger partial charge in [-0.2, -0.15) is 0 Å². The van der Waals surface area contributed by atoms with Crippen LogP contribution >= 0.6 is 0 Å². The summed E-state index contributed by atoms with van der Waals surface area (Å²) in [7, 11) is 0. The van der Waals surface area contributed by atoms with Crippen molar-refractivity contribution in [3.8, 4) is 0 Å². The highest BCUT2D eigenvalue weighted by atomic mass is 16.6. The molecule has 0 aromatic heterocycles. The zero-order chi connectivity index (χ0) is 46.8. The Morgan fingerprint density at radius 1 is 0.297 bits per heavy atom. The number of hydrogen-bond donors (Lipinski definition) is 0. The maximum atomic E-state index is 12.8. The predicted octanol–water partition coefficient (Wildman–Crippen LogP) is 18.9. The van der Waals surface area contributed by atoms with E-state index in [1.807, 2.05) is 0 Å². The summed E-state index contributed by atoms with van der Waals surface area (Å²) in [4.78, 5) is 38.1. The number of rotatable bonds is 52. The van der Waals surface area contributed by atoms with E-state index >= 15 is 0 Å². The van der Waals surface area contributed by atoms with Crippen molar-refractivity contribution >= 4 is 17.9 Å². The van der Waals surface area contributed by atoms with Crippen molar-refractivity contribution in [3.63, 3.8) is 0 Å². The zero-order valence-electron chi connectivity index (χ0n) is 43.9. The van der Waals surface area contributed by atoms with E-state index in [9.17, 15) is 14.4 Å². The molecular weight excluding hydrogens is 793 g/mol. The number of ether oxygens (including phenoxy) is 3. The van der Waals surface area contributed by atoms with E-state index in [1.165, 1.54) is 212 Å². The van der Waals surface area contributed by atoms with Crippen LogP contribution in [0.4, 0.5) is 0 Å². The maximum absolute atomic E-state index is 12.8. The Balaban J connectivity index is 4.25. The third-order valence-electron chi connectivity index (χ3n) is 13.2. The minimum Gasteiger partial charge on any atom is -0.462 e. The fourth-order valence-corrected chi connectivity index (χ4v) is 8.87. The molecule has 0 aromatic rings. The van der Waals surface area contributed by atoms with Crippen molar-refractivity contribution in [1.82, 2.24) is 0 Å². The molecule has 0 saturated heterocycles. The third-order valence-corrected chi connectivity index (χ3v) is 13.2. The summed E-state index contributed by atoms with van der Waals surface area (Å²) in [6.07, 6.45) is 53.9. The molecule has 1 atom stereocenters. The number of hydrogen-bond acceptors (Lipinski definition) is 6. The van der Waals surface area contributed by atoms with Crippen molar-refractivity contribution < 1.29 is 28.6 Å². The van der Waals surface area contributed by atoms with Gasteiger partial charge in [-0.05, 0) is 31.1 Å². The minimum absolute atomic E-state index is 0.0632. The normalized spacial score (nSPS) is 12.0. The SMILES string of the molecule is CCCCCCCCCCCCCCCCCCCCCC(=O)OC[C@@H](COC(=O)CCCCCCCCCCCCCCC(C)C)OC(=O)CCCCCCCCCCCC(C)C. The lowest BCUT2D eigenvalue weighted by atomic mass is 10.0. The van der Waals surface area contributed by atoms with Gasteiger partial charge in [0, 0.05) is 19.3 Å². The Morgan fingerprint density at radius 3 is 0.766 bits per heavy atom. The topological polar surface area (TPSA) is 78.9 Å². The lowest BCUT2D eigenvalue weighted by Crippen LogP contribution is -2.30. The largest absolute Gasteiger partial charge is 0.462 e. The number of carbonyl (C=O) groups is 3. The Hall–Kier alpha value is -1.59. The van der Waals surface area contributed by atoms with Gasteiger partial charge in [0.15, 0.2) is 6.10 Å². The average Bonchev–Trinajstić information content (AvgIpc) is 3.27. The first-order chi connectivity index (χ1) is 31.2. The first kappa shape index (κ1) is 62.4. The molecule has 0 spiro atoms. The Morgan fingerprint density at radius 2 is 0.516 bits per heavy atom. The summed E-state index contributed by atoms with van der Waals surface area (Å²) < 4.78 is 16.9. The van der Waals surface area contributed by atoms with Crippen LogP contribution in [0.25, 0.3) is 0 Å². The summed E-state index contributed by atoms with van der Waals surface area (Å²) in [5, 5.41) is 0. The van der Waals surface area contributed by atoms with Gasteiger partial charge >= 0.3 is 17.9 Å². The van der Waals surface area contributed by atoms with Gasteiger partial charge in [-0.3, -0.25) is 14.4 Å². The second-order valence-corrected chi connectivity index (χ2v) is 20.9. The van der Waals surface area contributed by atoms with Crippen LogP contribution in [0.5, 0.6) is 0 Å². The summed E-state index contributed by atoms with van der Waals surface area (Å²) in [5.74, 6) is 0.797. The predicted molar refractivity (Wildman–Crippen MR) is 275 cm³/mol. The molecule has 64 heavy (non-hydrogen) atoms. The molecule has 0 rings (SSSR count). The van der Waals surface area contributed by atoms with Gasteiger partial charge < -0.3 is 14.2 Å². The highest BCUT2D eigenvalue weighted by Gasteiger charge is 2.19. The minimum atomic E-state index is -0.763. The van der Waals surface area contributed by atoms with Crippen LogP contribution in [0.2, 0.25) is 0 Å². The second-order valence-electron chi connectivity index (χ2n) is 20.9. The highest BCUT2D eigenvalue weighted by molar-refractivity contribution is 5.71. The van der Waals surface area contributed by atoms with Crippen molar-refractivity contribution in [2.24, 2.45) is 11.8 Å². The fourth-order valence-electron chi connectivity index (χ4n) is 8.87. The third kappa shape index (κ3) is 51.4. The van der Waals surface area contributed by atoms with E-state index in [0.29, 0.717) is 19.3 Å². The smallest absolute Gasteiger partial charge is 0.306 e. The maximum Gasteiger partial charge on any atom is 0.306 e. The van der Waals surface area contributed by atoms with Crippen molar-refractivity contribution in [1.29, 1.82) is 0 Å². The molecule has 6 nitrogen and oxygen atoms in total. The molecule has 0 fully saturated rings. The Bertz CT molecular complexity index is 978. The quantitative estimate of drug-likeness (QED) is 0.0344. The van der Waals surface area contributed by atoms with Gasteiger partial charge in [0.2, 0.25) is 0 Å². The molecule has 380 valence electrons. The van der Waals surface area contributed by atoms with Crippen molar-refractivity contribution in [3.05, 3.63) is 0 Å². The monoisotopic (exact) mass is 905 g/mol. The number of unbranched alkanes of at least 4 members (excludes halogenated alkanes) is 37. The molecular formula is C58H112O6. The molecule has 0 saturated carbocycles. The molecule has 0 radical (unpaired) electrons. The van der Waals surface area contributed by atoms with E-state index < -0.39 is 6.10 Å². The second kappa shape index (κ2) is 50.8. The lowest BCUT2D eigenvalue weighted by molar-refractivity contribution is -0.167. The van der Waals surface area contributed by atoms with E-state index in [2.05, 4.69) is 34.6 Å². The Kier molecular flexibility index (Phi) is 49.6. The van der Waals surface area contributed by atoms with Crippen LogP contribution in [0.15, 0.2) is 0 Å². The van der Waals surface area contributed by atoms with Gasteiger partial charge in [-0.1, -0.05) is 285 Å².